The van der Waals surface area contributed by atoms with Crippen LogP contribution in [-0.2, 0) is 11.3 Å². The monoisotopic (exact) mass is 495 g/mol. The Balaban J connectivity index is 1.58. The summed E-state index contributed by atoms with van der Waals surface area (Å²) in [5.41, 5.74) is 7.52. The van der Waals surface area contributed by atoms with Crippen molar-refractivity contribution in [3.05, 3.63) is 113 Å². The summed E-state index contributed by atoms with van der Waals surface area (Å²) in [4.78, 5) is 18.3. The first kappa shape index (κ1) is 23.8. The quantitative estimate of drug-likeness (QED) is 0.337. The molecule has 0 radical (unpaired) electrons. The van der Waals surface area contributed by atoms with Crippen molar-refractivity contribution in [3.8, 4) is 0 Å². The average Bonchev–Trinajstić information content (AvgIpc) is 3.36. The summed E-state index contributed by atoms with van der Waals surface area (Å²) in [5, 5.41) is 7.02. The molecule has 6 nitrogen and oxygen atoms in total. The molecule has 1 aliphatic heterocycles. The number of carbonyl (C=O) groups excluding carboxylic acids is 1. The van der Waals surface area contributed by atoms with Gasteiger partial charge in [0.05, 0.1) is 17.8 Å². The molecule has 5 rings (SSSR count). The third-order valence-corrected chi connectivity index (χ3v) is 6.99. The number of aromatic nitrogens is 2. The highest BCUT2D eigenvalue weighted by molar-refractivity contribution is 7.80. The van der Waals surface area contributed by atoms with Crippen LogP contribution in [0.4, 0.5) is 11.4 Å². The lowest BCUT2D eigenvalue weighted by molar-refractivity contribution is -0.114. The summed E-state index contributed by atoms with van der Waals surface area (Å²) < 4.78 is 2.36. The van der Waals surface area contributed by atoms with Crippen LogP contribution < -0.4 is 15.5 Å². The van der Waals surface area contributed by atoms with Gasteiger partial charge in [-0.05, 0) is 79.7 Å². The molecule has 1 aliphatic rings. The van der Waals surface area contributed by atoms with E-state index in [0.29, 0.717) is 5.11 Å². The van der Waals surface area contributed by atoms with E-state index in [2.05, 4.69) is 69.3 Å². The second-order valence-electron chi connectivity index (χ2n) is 9.12. The molecular weight excluding hydrogens is 466 g/mol. The van der Waals surface area contributed by atoms with Gasteiger partial charge in [-0.15, -0.1) is 0 Å². The third-order valence-electron chi connectivity index (χ3n) is 6.68. The Morgan fingerprint density at radius 3 is 2.42 bits per heavy atom. The lowest BCUT2D eigenvalue weighted by atomic mass is 9.96. The van der Waals surface area contributed by atoms with E-state index in [4.69, 9.17) is 12.2 Å². The summed E-state index contributed by atoms with van der Waals surface area (Å²) in [6.07, 6.45) is 1.82. The van der Waals surface area contributed by atoms with Gasteiger partial charge in [0.1, 0.15) is 0 Å². The molecule has 4 aromatic rings. The number of thiocarbonyl (C=S) groups is 1. The van der Waals surface area contributed by atoms with Crippen molar-refractivity contribution in [1.82, 2.24) is 14.9 Å². The minimum absolute atomic E-state index is 0.0882. The molecule has 0 bridgehead atoms. The van der Waals surface area contributed by atoms with E-state index in [-0.39, 0.29) is 18.0 Å². The van der Waals surface area contributed by atoms with Gasteiger partial charge in [-0.2, -0.15) is 0 Å². The topological polar surface area (TPSA) is 62.2 Å². The number of nitrogens with zero attached hydrogens (tertiary/aromatic N) is 3. The molecule has 2 atom stereocenters. The Labute approximate surface area is 217 Å². The number of anilines is 2. The molecule has 3 heterocycles. The van der Waals surface area contributed by atoms with Gasteiger partial charge in [-0.3, -0.25) is 9.78 Å². The van der Waals surface area contributed by atoms with E-state index in [0.717, 1.165) is 23.6 Å². The van der Waals surface area contributed by atoms with Gasteiger partial charge in [0, 0.05) is 42.4 Å². The van der Waals surface area contributed by atoms with Crippen molar-refractivity contribution >= 4 is 34.6 Å². The molecule has 36 heavy (non-hydrogen) atoms. The Kier molecular flexibility index (Phi) is 6.57. The van der Waals surface area contributed by atoms with Crippen molar-refractivity contribution in [2.75, 3.05) is 10.2 Å². The molecule has 7 heteroatoms. The number of aryl methyl sites for hydroxylation is 1. The van der Waals surface area contributed by atoms with Crippen LogP contribution in [-0.4, -0.2) is 20.6 Å². The smallest absolute Gasteiger partial charge is 0.221 e. The second kappa shape index (κ2) is 9.95. The van der Waals surface area contributed by atoms with E-state index in [1.165, 1.54) is 29.4 Å². The maximum Gasteiger partial charge on any atom is 0.221 e. The number of benzene rings is 2. The zero-order valence-electron chi connectivity index (χ0n) is 20.6. The van der Waals surface area contributed by atoms with E-state index in [9.17, 15) is 4.79 Å². The van der Waals surface area contributed by atoms with Crippen molar-refractivity contribution in [2.45, 2.75) is 39.4 Å². The van der Waals surface area contributed by atoms with Crippen LogP contribution in [0.25, 0.3) is 0 Å². The number of rotatable bonds is 6. The minimum atomic E-state index is -0.112. The fraction of sp³-hybridized carbons (Fsp3) is 0.207. The lowest BCUT2D eigenvalue weighted by Crippen LogP contribution is -2.29. The van der Waals surface area contributed by atoms with Gasteiger partial charge in [0.15, 0.2) is 5.11 Å². The van der Waals surface area contributed by atoms with Gasteiger partial charge >= 0.3 is 0 Å². The third kappa shape index (κ3) is 4.62. The largest absolute Gasteiger partial charge is 0.351 e. The maximum atomic E-state index is 11.5. The standard InChI is InChI=1S/C29H29N5OS/c1-19-17-25(20(2)33(19)18-22-9-5-4-6-10-22)28-27(26-11-7-8-16-30-26)32-29(36)34(28)24-14-12-23(13-15-24)31-21(3)35/h4-17,27-28H,18H2,1-3H3,(H,31,35)(H,32,36)/t27-,28-/m0/s1. The van der Waals surface area contributed by atoms with Crippen LogP contribution in [0, 0.1) is 13.8 Å². The number of amides is 1. The molecule has 0 aliphatic carbocycles. The number of nitrogens with one attached hydrogen (secondary N) is 2. The highest BCUT2D eigenvalue weighted by Gasteiger charge is 2.42. The molecule has 182 valence electrons. The van der Waals surface area contributed by atoms with Crippen molar-refractivity contribution < 1.29 is 4.79 Å². The minimum Gasteiger partial charge on any atom is -0.351 e. The van der Waals surface area contributed by atoms with Crippen LogP contribution in [0.3, 0.4) is 0 Å². The van der Waals surface area contributed by atoms with Crippen LogP contribution >= 0.6 is 12.2 Å². The molecule has 1 saturated heterocycles. The highest BCUT2D eigenvalue weighted by Crippen LogP contribution is 2.43. The molecule has 1 fully saturated rings. The van der Waals surface area contributed by atoms with Crippen LogP contribution in [0.5, 0.6) is 0 Å². The fourth-order valence-electron chi connectivity index (χ4n) is 4.99. The summed E-state index contributed by atoms with van der Waals surface area (Å²) in [5.74, 6) is -0.0972. The van der Waals surface area contributed by atoms with Gasteiger partial charge < -0.3 is 20.1 Å². The normalized spacial score (nSPS) is 17.2. The first-order chi connectivity index (χ1) is 17.4. The van der Waals surface area contributed by atoms with E-state index in [1.807, 2.05) is 54.7 Å². The number of carbonyl (C=O) groups is 1. The van der Waals surface area contributed by atoms with Crippen LogP contribution in [0.1, 0.15) is 47.2 Å². The van der Waals surface area contributed by atoms with Gasteiger partial charge in [-0.1, -0.05) is 36.4 Å². The molecule has 0 saturated carbocycles. The fourth-order valence-corrected chi connectivity index (χ4v) is 5.34. The van der Waals surface area contributed by atoms with Crippen LogP contribution in [0.2, 0.25) is 0 Å². The van der Waals surface area contributed by atoms with Crippen LogP contribution in [0.15, 0.2) is 85.1 Å². The average molecular weight is 496 g/mol. The van der Waals surface area contributed by atoms with Crippen molar-refractivity contribution in [3.63, 3.8) is 0 Å². The number of hydrogen-bond acceptors (Lipinski definition) is 3. The summed E-state index contributed by atoms with van der Waals surface area (Å²) in [7, 11) is 0. The molecule has 1 amide bonds. The molecule has 2 aromatic carbocycles. The van der Waals surface area contributed by atoms with E-state index in [1.54, 1.807) is 0 Å². The Hall–Kier alpha value is -3.97. The predicted molar refractivity (Wildman–Crippen MR) is 148 cm³/mol. The Morgan fingerprint density at radius 2 is 1.75 bits per heavy atom. The van der Waals surface area contributed by atoms with Crippen molar-refractivity contribution in [1.29, 1.82) is 0 Å². The molecule has 2 N–H and O–H groups in total. The Morgan fingerprint density at radius 1 is 1.03 bits per heavy atom. The maximum absolute atomic E-state index is 11.5. The lowest BCUT2D eigenvalue weighted by Gasteiger charge is -2.28. The highest BCUT2D eigenvalue weighted by atomic mass is 32.1. The molecule has 0 spiro atoms. The SMILES string of the molecule is CC(=O)Nc1ccc(N2C(=S)N[C@@H](c3ccccn3)[C@@H]2c2cc(C)n(Cc3ccccc3)c2C)cc1. The second-order valence-corrected chi connectivity index (χ2v) is 9.51. The summed E-state index contributed by atoms with van der Waals surface area (Å²) >= 11 is 5.88. The first-order valence-electron chi connectivity index (χ1n) is 12.0. The van der Waals surface area contributed by atoms with E-state index >= 15 is 0 Å². The molecule has 0 unspecified atom stereocenters. The van der Waals surface area contributed by atoms with Gasteiger partial charge in [-0.25, -0.2) is 0 Å². The number of pyridine rings is 1. The number of hydrogen-bond donors (Lipinski definition) is 2. The molecule has 2 aromatic heterocycles. The van der Waals surface area contributed by atoms with E-state index < -0.39 is 0 Å². The van der Waals surface area contributed by atoms with Crippen molar-refractivity contribution in [2.24, 2.45) is 0 Å². The molecular formula is C29H29N5OS. The summed E-state index contributed by atoms with van der Waals surface area (Å²) in [6, 6.07) is 26.4. The Bertz CT molecular complexity index is 1380. The van der Waals surface area contributed by atoms with Gasteiger partial charge in [0.2, 0.25) is 5.91 Å². The first-order valence-corrected chi connectivity index (χ1v) is 12.4. The summed E-state index contributed by atoms with van der Waals surface area (Å²) in [6.45, 7) is 6.65. The van der Waals surface area contributed by atoms with Gasteiger partial charge in [0.25, 0.3) is 0 Å². The predicted octanol–water partition coefficient (Wildman–Crippen LogP) is 5.68. The zero-order chi connectivity index (χ0) is 25.2. The zero-order valence-corrected chi connectivity index (χ0v) is 21.4.